The summed E-state index contributed by atoms with van der Waals surface area (Å²) in [5.74, 6) is -3.85. The van der Waals surface area contributed by atoms with Gasteiger partial charge < -0.3 is 14.9 Å². The van der Waals surface area contributed by atoms with Gasteiger partial charge in [0.1, 0.15) is 0 Å². The molecule has 0 unspecified atom stereocenters. The SMILES string of the molecule is O=C(O)COc1ccc(C(=O)/C=C/c2ccc(C(=O)O)cc2)cc1F. The number of carboxylic acids is 2. The second kappa shape index (κ2) is 7.87. The van der Waals surface area contributed by atoms with E-state index < -0.39 is 30.1 Å². The van der Waals surface area contributed by atoms with Gasteiger partial charge in [-0.3, -0.25) is 4.79 Å². The Morgan fingerprint density at radius 1 is 1.00 bits per heavy atom. The second-order valence-electron chi connectivity index (χ2n) is 4.95. The van der Waals surface area contributed by atoms with Crippen molar-refractivity contribution in [3.63, 3.8) is 0 Å². The van der Waals surface area contributed by atoms with Gasteiger partial charge in [0.2, 0.25) is 0 Å². The third-order valence-corrected chi connectivity index (χ3v) is 3.15. The van der Waals surface area contributed by atoms with Gasteiger partial charge in [0.05, 0.1) is 5.56 Å². The molecular weight excluding hydrogens is 331 g/mol. The summed E-state index contributed by atoms with van der Waals surface area (Å²) in [6.45, 7) is -0.684. The first kappa shape index (κ1) is 17.9. The minimum Gasteiger partial charge on any atom is -0.479 e. The summed E-state index contributed by atoms with van der Waals surface area (Å²) in [5, 5.41) is 17.3. The molecule has 0 fully saturated rings. The largest absolute Gasteiger partial charge is 0.479 e. The highest BCUT2D eigenvalue weighted by molar-refractivity contribution is 6.06. The topological polar surface area (TPSA) is 101 Å². The van der Waals surface area contributed by atoms with E-state index in [0.717, 1.165) is 6.07 Å². The monoisotopic (exact) mass is 344 g/mol. The van der Waals surface area contributed by atoms with Crippen LogP contribution in [0.4, 0.5) is 4.39 Å². The van der Waals surface area contributed by atoms with Gasteiger partial charge in [-0.2, -0.15) is 0 Å². The Labute approximate surface area is 141 Å². The second-order valence-corrected chi connectivity index (χ2v) is 4.95. The van der Waals surface area contributed by atoms with Gasteiger partial charge in [-0.15, -0.1) is 0 Å². The van der Waals surface area contributed by atoms with E-state index in [9.17, 15) is 18.8 Å². The maximum Gasteiger partial charge on any atom is 0.341 e. The number of carbonyl (C=O) groups is 3. The van der Waals surface area contributed by atoms with Crippen LogP contribution in [-0.2, 0) is 4.79 Å². The molecule has 0 spiro atoms. The van der Waals surface area contributed by atoms with Gasteiger partial charge in [-0.25, -0.2) is 14.0 Å². The minimum atomic E-state index is -1.24. The predicted molar refractivity (Wildman–Crippen MR) is 86.3 cm³/mol. The summed E-state index contributed by atoms with van der Waals surface area (Å²) in [7, 11) is 0. The number of carbonyl (C=O) groups excluding carboxylic acids is 1. The molecule has 7 heteroatoms. The number of aromatic carboxylic acids is 1. The summed E-state index contributed by atoms with van der Waals surface area (Å²) < 4.78 is 18.5. The van der Waals surface area contributed by atoms with E-state index in [-0.39, 0.29) is 16.9 Å². The van der Waals surface area contributed by atoms with Crippen LogP contribution in [0.2, 0.25) is 0 Å². The number of hydrogen-bond donors (Lipinski definition) is 2. The van der Waals surface area contributed by atoms with Gasteiger partial charge >= 0.3 is 11.9 Å². The van der Waals surface area contributed by atoms with Crippen molar-refractivity contribution in [1.82, 2.24) is 0 Å². The summed E-state index contributed by atoms with van der Waals surface area (Å²) in [6.07, 6.45) is 2.70. The van der Waals surface area contributed by atoms with Crippen LogP contribution in [0.5, 0.6) is 5.75 Å². The molecule has 2 aromatic rings. The Morgan fingerprint density at radius 3 is 2.20 bits per heavy atom. The lowest BCUT2D eigenvalue weighted by Crippen LogP contribution is -2.10. The summed E-state index contributed by atoms with van der Waals surface area (Å²) in [6, 6.07) is 9.34. The number of rotatable bonds is 7. The molecule has 0 aliphatic rings. The third kappa shape index (κ3) is 5.00. The van der Waals surface area contributed by atoms with Crippen molar-refractivity contribution >= 4 is 23.8 Å². The maximum atomic E-state index is 13.8. The van der Waals surface area contributed by atoms with Crippen molar-refractivity contribution in [3.05, 3.63) is 71.0 Å². The number of ketones is 1. The molecule has 2 N–H and O–H groups in total. The number of hydrogen-bond acceptors (Lipinski definition) is 4. The molecular formula is C18H13FO6. The summed E-state index contributed by atoms with van der Waals surface area (Å²) in [5.41, 5.74) is 0.807. The summed E-state index contributed by atoms with van der Waals surface area (Å²) >= 11 is 0. The van der Waals surface area contributed by atoms with E-state index in [0.29, 0.717) is 5.56 Å². The van der Waals surface area contributed by atoms with Crippen LogP contribution in [0.3, 0.4) is 0 Å². The van der Waals surface area contributed by atoms with Crippen molar-refractivity contribution in [2.75, 3.05) is 6.61 Å². The highest BCUT2D eigenvalue weighted by atomic mass is 19.1. The molecule has 25 heavy (non-hydrogen) atoms. The molecule has 0 saturated heterocycles. The highest BCUT2D eigenvalue weighted by Crippen LogP contribution is 2.19. The fourth-order valence-corrected chi connectivity index (χ4v) is 1.92. The van der Waals surface area contributed by atoms with E-state index in [4.69, 9.17) is 14.9 Å². The average Bonchev–Trinajstić information content (AvgIpc) is 2.58. The zero-order valence-electron chi connectivity index (χ0n) is 12.8. The predicted octanol–water partition coefficient (Wildman–Crippen LogP) is 2.88. The Hall–Kier alpha value is -3.48. The molecule has 0 amide bonds. The molecule has 2 aromatic carbocycles. The first-order valence-electron chi connectivity index (χ1n) is 7.07. The Balaban J connectivity index is 2.08. The molecule has 128 valence electrons. The van der Waals surface area contributed by atoms with Crippen molar-refractivity contribution < 1.29 is 33.7 Å². The van der Waals surface area contributed by atoms with Crippen molar-refractivity contribution in [1.29, 1.82) is 0 Å². The van der Waals surface area contributed by atoms with E-state index in [2.05, 4.69) is 0 Å². The van der Waals surface area contributed by atoms with Crippen LogP contribution in [-0.4, -0.2) is 34.5 Å². The molecule has 0 atom stereocenters. The Bertz CT molecular complexity index is 839. The van der Waals surface area contributed by atoms with Gasteiger partial charge in [0.15, 0.2) is 24.0 Å². The quantitative estimate of drug-likeness (QED) is 0.592. The van der Waals surface area contributed by atoms with Gasteiger partial charge in [-0.05, 0) is 42.0 Å². The normalized spacial score (nSPS) is 10.6. The molecule has 0 saturated carbocycles. The number of allylic oxidation sites excluding steroid dienone is 1. The number of benzene rings is 2. The molecule has 0 heterocycles. The average molecular weight is 344 g/mol. The lowest BCUT2D eigenvalue weighted by molar-refractivity contribution is -0.139. The number of aliphatic carboxylic acids is 1. The third-order valence-electron chi connectivity index (χ3n) is 3.15. The molecule has 0 aliphatic carbocycles. The zero-order chi connectivity index (χ0) is 18.4. The van der Waals surface area contributed by atoms with Crippen molar-refractivity contribution in [2.45, 2.75) is 0 Å². The molecule has 0 aliphatic heterocycles. The maximum absolute atomic E-state index is 13.8. The fourth-order valence-electron chi connectivity index (χ4n) is 1.92. The van der Waals surface area contributed by atoms with Gasteiger partial charge in [0, 0.05) is 5.56 Å². The lowest BCUT2D eigenvalue weighted by Gasteiger charge is -2.05. The Morgan fingerprint density at radius 2 is 1.64 bits per heavy atom. The fraction of sp³-hybridized carbons (Fsp3) is 0.0556. The minimum absolute atomic E-state index is 0.0681. The van der Waals surface area contributed by atoms with Gasteiger partial charge in [0.25, 0.3) is 0 Å². The molecule has 0 aromatic heterocycles. The number of halogens is 1. The molecule has 2 rings (SSSR count). The van der Waals surface area contributed by atoms with Crippen molar-refractivity contribution in [2.24, 2.45) is 0 Å². The Kier molecular flexibility index (Phi) is 5.62. The smallest absolute Gasteiger partial charge is 0.341 e. The lowest BCUT2D eigenvalue weighted by atomic mass is 10.1. The molecule has 0 bridgehead atoms. The van der Waals surface area contributed by atoms with Crippen LogP contribution in [0.1, 0.15) is 26.3 Å². The summed E-state index contributed by atoms with van der Waals surface area (Å²) in [4.78, 5) is 33.2. The number of ether oxygens (including phenoxy) is 1. The standard InChI is InChI=1S/C18H13FO6/c19-14-9-13(6-8-16(14)25-10-17(21)22)15(20)7-3-11-1-4-12(5-2-11)18(23)24/h1-9H,10H2,(H,21,22)(H,23,24)/b7-3+. The molecule has 0 radical (unpaired) electrons. The van der Waals surface area contributed by atoms with Crippen molar-refractivity contribution in [3.8, 4) is 5.75 Å². The van der Waals surface area contributed by atoms with E-state index in [1.807, 2.05) is 0 Å². The van der Waals surface area contributed by atoms with Gasteiger partial charge in [-0.1, -0.05) is 18.2 Å². The van der Waals surface area contributed by atoms with Crippen LogP contribution in [0, 0.1) is 5.82 Å². The number of carboxylic acid groups (broad SMARTS) is 2. The highest BCUT2D eigenvalue weighted by Gasteiger charge is 2.10. The first-order valence-corrected chi connectivity index (χ1v) is 7.07. The van der Waals surface area contributed by atoms with Crippen LogP contribution < -0.4 is 4.74 Å². The van der Waals surface area contributed by atoms with Crippen LogP contribution in [0.15, 0.2) is 48.5 Å². The van der Waals surface area contributed by atoms with E-state index in [1.54, 1.807) is 0 Å². The molecule has 6 nitrogen and oxygen atoms in total. The van der Waals surface area contributed by atoms with Crippen LogP contribution >= 0.6 is 0 Å². The zero-order valence-corrected chi connectivity index (χ0v) is 12.8. The van der Waals surface area contributed by atoms with E-state index >= 15 is 0 Å². The van der Waals surface area contributed by atoms with E-state index in [1.165, 1.54) is 48.6 Å². The first-order chi connectivity index (χ1) is 11.9. The van der Waals surface area contributed by atoms with Crippen LogP contribution in [0.25, 0.3) is 6.08 Å².